The van der Waals surface area contributed by atoms with Gasteiger partial charge in [0.15, 0.2) is 40.3 Å². The third kappa shape index (κ3) is 6.09. The molecule has 0 saturated carbocycles. The van der Waals surface area contributed by atoms with E-state index < -0.39 is 31.9 Å². The molecule has 0 fully saturated rings. The van der Waals surface area contributed by atoms with Gasteiger partial charge in [-0.25, -0.2) is 18.9 Å². The molecular formula is C22H24FN6O9P. The lowest BCUT2D eigenvalue weighted by Crippen LogP contribution is -2.53. The Hall–Kier alpha value is -4.24. The summed E-state index contributed by atoms with van der Waals surface area (Å²) >= 11 is 0. The van der Waals surface area contributed by atoms with Crippen molar-refractivity contribution in [2.45, 2.75) is 19.4 Å². The van der Waals surface area contributed by atoms with Gasteiger partial charge in [0.2, 0.25) is 11.7 Å². The van der Waals surface area contributed by atoms with Gasteiger partial charge in [0, 0.05) is 17.8 Å². The minimum absolute atomic E-state index is 0.0124. The summed E-state index contributed by atoms with van der Waals surface area (Å²) in [6.07, 6.45) is 0.895. The topological polar surface area (TPSA) is 198 Å². The van der Waals surface area contributed by atoms with Gasteiger partial charge in [-0.2, -0.15) is 4.98 Å². The van der Waals surface area contributed by atoms with Gasteiger partial charge in [0.25, 0.3) is 5.91 Å². The first-order chi connectivity index (χ1) is 18.3. The molecule has 0 atom stereocenters. The number of hydrogen-bond acceptors (Lipinski definition) is 12. The lowest BCUT2D eigenvalue weighted by molar-refractivity contribution is -0.133. The fourth-order valence-electron chi connectivity index (χ4n) is 3.55. The number of benzene rings is 1. The number of methoxy groups -OCH3 is 2. The maximum atomic E-state index is 14.6. The lowest BCUT2D eigenvalue weighted by Gasteiger charge is -2.37. The predicted molar refractivity (Wildman–Crippen MR) is 134 cm³/mol. The monoisotopic (exact) mass is 566 g/mol. The number of phosphoric acid groups is 1. The Bertz CT molecular complexity index is 1470. The number of anilines is 5. The second-order valence-corrected chi connectivity index (χ2v) is 9.72. The highest BCUT2D eigenvalue weighted by molar-refractivity contribution is 7.46. The lowest BCUT2D eigenvalue weighted by atomic mass is 10.1. The minimum Gasteiger partial charge on any atom is -0.504 e. The van der Waals surface area contributed by atoms with Crippen molar-refractivity contribution in [2.75, 3.05) is 36.5 Å². The van der Waals surface area contributed by atoms with E-state index in [2.05, 4.69) is 30.1 Å². The first kappa shape index (κ1) is 27.8. The number of amides is 1. The summed E-state index contributed by atoms with van der Waals surface area (Å²) in [5.74, 6) is -1.72. The van der Waals surface area contributed by atoms with Gasteiger partial charge in [-0.1, -0.05) is 0 Å². The number of nitrogens with zero attached hydrogens (tertiary/aromatic N) is 4. The van der Waals surface area contributed by atoms with E-state index in [0.29, 0.717) is 5.69 Å². The molecule has 5 N–H and O–H groups in total. The molecule has 0 saturated heterocycles. The van der Waals surface area contributed by atoms with Crippen LogP contribution in [0.25, 0.3) is 0 Å². The number of phenols is 1. The Morgan fingerprint density at radius 3 is 2.56 bits per heavy atom. The van der Waals surface area contributed by atoms with E-state index in [0.717, 1.165) is 11.1 Å². The fourth-order valence-corrected chi connectivity index (χ4v) is 3.82. The molecule has 0 unspecified atom stereocenters. The smallest absolute Gasteiger partial charge is 0.471 e. The number of carbonyl (C=O) groups is 1. The first-order valence-electron chi connectivity index (χ1n) is 11.0. The third-order valence-corrected chi connectivity index (χ3v) is 5.73. The summed E-state index contributed by atoms with van der Waals surface area (Å²) in [6, 6.07) is 5.71. The molecule has 3 aromatic rings. The summed E-state index contributed by atoms with van der Waals surface area (Å²) in [4.78, 5) is 44.2. The van der Waals surface area contributed by atoms with E-state index in [1.54, 1.807) is 0 Å². The number of hydrogen-bond donors (Lipinski definition) is 5. The van der Waals surface area contributed by atoms with Crippen molar-refractivity contribution < 1.29 is 47.4 Å². The van der Waals surface area contributed by atoms with Gasteiger partial charge < -0.3 is 39.7 Å². The Balaban J connectivity index is 1.62. The van der Waals surface area contributed by atoms with Crippen LogP contribution in [0.5, 0.6) is 23.0 Å². The van der Waals surface area contributed by atoms with E-state index in [4.69, 9.17) is 24.0 Å². The molecule has 39 heavy (non-hydrogen) atoms. The molecule has 208 valence electrons. The van der Waals surface area contributed by atoms with E-state index in [9.17, 15) is 18.9 Å². The third-order valence-electron chi connectivity index (χ3n) is 5.28. The van der Waals surface area contributed by atoms with E-state index in [1.165, 1.54) is 52.3 Å². The van der Waals surface area contributed by atoms with Crippen LogP contribution in [-0.4, -0.2) is 62.3 Å². The van der Waals surface area contributed by atoms with Gasteiger partial charge in [-0.05, 0) is 26.0 Å². The molecule has 0 aliphatic carbocycles. The molecule has 1 aliphatic heterocycles. The predicted octanol–water partition coefficient (Wildman–Crippen LogP) is 2.79. The van der Waals surface area contributed by atoms with Crippen LogP contribution in [0, 0.1) is 5.82 Å². The molecule has 0 spiro atoms. The molecule has 3 heterocycles. The number of carbonyl (C=O) groups excluding carboxylic acids is 1. The zero-order valence-corrected chi connectivity index (χ0v) is 21.9. The number of fused-ring (bicyclic) bond motifs is 1. The van der Waals surface area contributed by atoms with Crippen molar-refractivity contribution in [3.8, 4) is 23.0 Å². The molecular weight excluding hydrogens is 542 g/mol. The summed E-state index contributed by atoms with van der Waals surface area (Å²) in [5, 5.41) is 15.7. The Labute approximate surface area is 220 Å². The number of aromatic nitrogens is 3. The highest BCUT2D eigenvalue weighted by Crippen LogP contribution is 2.42. The van der Waals surface area contributed by atoms with Crippen LogP contribution < -0.4 is 29.7 Å². The molecule has 1 amide bonds. The summed E-state index contributed by atoms with van der Waals surface area (Å²) in [7, 11) is -2.16. The zero-order chi connectivity index (χ0) is 28.5. The quantitative estimate of drug-likeness (QED) is 0.237. The number of ether oxygens (including phenoxy) is 3. The molecule has 4 rings (SSSR count). The van der Waals surface area contributed by atoms with Crippen LogP contribution >= 0.6 is 7.82 Å². The van der Waals surface area contributed by atoms with Crippen LogP contribution in [0.3, 0.4) is 0 Å². The summed E-state index contributed by atoms with van der Waals surface area (Å²) in [5.41, 5.74) is -1.06. The van der Waals surface area contributed by atoms with E-state index in [1.807, 2.05) is 0 Å². The molecule has 1 aliphatic rings. The van der Waals surface area contributed by atoms with Gasteiger partial charge in [0.1, 0.15) is 12.5 Å². The van der Waals surface area contributed by atoms with Crippen LogP contribution in [0.1, 0.15) is 13.8 Å². The number of nitrogens with one attached hydrogen (secondary N) is 2. The first-order valence-corrected chi connectivity index (χ1v) is 12.6. The van der Waals surface area contributed by atoms with Crippen molar-refractivity contribution in [1.29, 1.82) is 0 Å². The highest BCUT2D eigenvalue weighted by atomic mass is 31.2. The standard InChI is InChI=1S/C22H24FN6O9P/c1-22(2)20(31)29(10-37-39(32,33)34)19-14(38-22)5-6-16(27-19)26-18-12(23)9-24-21(28-18)25-11-7-13(30)17(36-4)15(8-11)35-3/h5-9,30H,10H2,1-4H3,(H2,32,33,34)(H2,24,25,26,27,28). The van der Waals surface area contributed by atoms with Crippen molar-refractivity contribution >= 4 is 42.8 Å². The van der Waals surface area contributed by atoms with Crippen molar-refractivity contribution in [3.05, 3.63) is 36.3 Å². The summed E-state index contributed by atoms with van der Waals surface area (Å²) < 4.78 is 46.3. The van der Waals surface area contributed by atoms with Crippen molar-refractivity contribution in [3.63, 3.8) is 0 Å². The number of aromatic hydroxyl groups is 1. The second kappa shape index (κ2) is 10.5. The number of pyridine rings is 1. The van der Waals surface area contributed by atoms with Gasteiger partial charge >= 0.3 is 7.82 Å². The number of phenolic OH excluding ortho intramolecular Hbond substituents is 1. The van der Waals surface area contributed by atoms with Crippen LogP contribution in [-0.2, 0) is 13.9 Å². The second-order valence-electron chi connectivity index (χ2n) is 8.48. The number of rotatable bonds is 9. The van der Waals surface area contributed by atoms with Gasteiger partial charge in [0.05, 0.1) is 20.4 Å². The number of halogens is 1. The summed E-state index contributed by atoms with van der Waals surface area (Å²) in [6.45, 7) is 2.13. The molecule has 15 nitrogen and oxygen atoms in total. The minimum atomic E-state index is -4.92. The maximum Gasteiger partial charge on any atom is 0.471 e. The molecule has 1 aromatic carbocycles. The van der Waals surface area contributed by atoms with Crippen LogP contribution in [0.15, 0.2) is 30.5 Å². The van der Waals surface area contributed by atoms with Crippen molar-refractivity contribution in [1.82, 2.24) is 15.0 Å². The Kier molecular flexibility index (Phi) is 7.48. The van der Waals surface area contributed by atoms with Gasteiger partial charge in [-0.15, -0.1) is 0 Å². The Morgan fingerprint density at radius 1 is 1.15 bits per heavy atom. The Morgan fingerprint density at radius 2 is 1.90 bits per heavy atom. The van der Waals surface area contributed by atoms with Crippen LogP contribution in [0.4, 0.5) is 33.5 Å². The zero-order valence-electron chi connectivity index (χ0n) is 21.0. The van der Waals surface area contributed by atoms with Crippen molar-refractivity contribution in [2.24, 2.45) is 0 Å². The largest absolute Gasteiger partial charge is 0.504 e. The fraction of sp³-hybridized carbons (Fsp3) is 0.273. The van der Waals surface area contributed by atoms with E-state index >= 15 is 0 Å². The number of phosphoric ester groups is 1. The SMILES string of the molecule is COc1cc(Nc2ncc(F)c(Nc3ccc4c(n3)N(COP(=O)(O)O)C(=O)C(C)(C)O4)n2)cc(O)c1OC. The van der Waals surface area contributed by atoms with E-state index in [-0.39, 0.29) is 46.4 Å². The molecule has 0 bridgehead atoms. The molecule has 0 radical (unpaired) electrons. The average Bonchev–Trinajstić information content (AvgIpc) is 2.85. The average molecular weight is 566 g/mol. The van der Waals surface area contributed by atoms with Gasteiger partial charge in [-0.3, -0.25) is 14.2 Å². The normalized spacial score (nSPS) is 14.3. The maximum absolute atomic E-state index is 14.6. The highest BCUT2D eigenvalue weighted by Gasteiger charge is 2.42. The van der Waals surface area contributed by atoms with Crippen LogP contribution in [0.2, 0.25) is 0 Å². The molecule has 2 aromatic heterocycles. The molecule has 17 heteroatoms.